The van der Waals surface area contributed by atoms with Crippen LogP contribution in [0.25, 0.3) is 0 Å². The zero-order valence-corrected chi connectivity index (χ0v) is 18.4. The van der Waals surface area contributed by atoms with Crippen LogP contribution >= 0.6 is 22.6 Å². The van der Waals surface area contributed by atoms with Gasteiger partial charge < -0.3 is 15.0 Å². The van der Waals surface area contributed by atoms with Crippen LogP contribution < -0.4 is 5.32 Å². The number of ether oxygens (including phenoxy) is 1. The molecule has 0 atom stereocenters. The predicted octanol–water partition coefficient (Wildman–Crippen LogP) is 5.00. The van der Waals surface area contributed by atoms with Gasteiger partial charge in [0.25, 0.3) is 0 Å². The van der Waals surface area contributed by atoms with E-state index in [4.69, 9.17) is 4.74 Å². The average Bonchev–Trinajstić information content (AvgIpc) is 2.55. The van der Waals surface area contributed by atoms with Crippen LogP contribution in [0, 0.1) is 9.49 Å². The molecule has 0 aromatic heterocycles. The number of amides is 2. The van der Waals surface area contributed by atoms with E-state index < -0.39 is 5.60 Å². The molecule has 144 valence electrons. The Morgan fingerprint density at radius 1 is 1.23 bits per heavy atom. The molecule has 2 rings (SSSR count). The van der Waals surface area contributed by atoms with Gasteiger partial charge in [-0.05, 0) is 79.8 Å². The van der Waals surface area contributed by atoms with E-state index in [1.54, 1.807) is 4.90 Å². The van der Waals surface area contributed by atoms with Gasteiger partial charge in [-0.3, -0.25) is 4.79 Å². The zero-order chi connectivity index (χ0) is 19.5. The van der Waals surface area contributed by atoms with Gasteiger partial charge in [0.1, 0.15) is 5.60 Å². The van der Waals surface area contributed by atoms with Crippen molar-refractivity contribution in [3.63, 3.8) is 0 Å². The number of likely N-dealkylation sites (tertiary alicyclic amines) is 1. The molecule has 0 unspecified atom stereocenters. The van der Waals surface area contributed by atoms with E-state index in [9.17, 15) is 9.59 Å². The van der Waals surface area contributed by atoms with Crippen molar-refractivity contribution in [1.29, 1.82) is 0 Å². The minimum atomic E-state index is -0.496. The molecule has 0 radical (unpaired) electrons. The van der Waals surface area contributed by atoms with Gasteiger partial charge in [-0.1, -0.05) is 19.9 Å². The number of carbonyl (C=O) groups excluding carboxylic acids is 2. The lowest BCUT2D eigenvalue weighted by Crippen LogP contribution is -2.43. The Bertz CT molecular complexity index is 660. The maximum atomic E-state index is 12.6. The maximum absolute atomic E-state index is 12.6. The summed E-state index contributed by atoms with van der Waals surface area (Å²) in [5.74, 6) is 0.420. The summed E-state index contributed by atoms with van der Waals surface area (Å²) in [4.78, 5) is 26.4. The third kappa shape index (κ3) is 5.86. The standard InChI is InChI=1S/C20H29IN2O3/c1-13(2)15-6-7-17(16(21)12-15)22-18(24)14-8-10-23(11-9-14)19(25)26-20(3,4)5/h6-7,12-14H,8-11H2,1-5H3,(H,22,24). The van der Waals surface area contributed by atoms with E-state index >= 15 is 0 Å². The highest BCUT2D eigenvalue weighted by molar-refractivity contribution is 14.1. The summed E-state index contributed by atoms with van der Waals surface area (Å²) >= 11 is 2.26. The third-order valence-electron chi connectivity index (χ3n) is 4.44. The van der Waals surface area contributed by atoms with E-state index in [1.807, 2.05) is 26.8 Å². The van der Waals surface area contributed by atoms with Crippen molar-refractivity contribution in [3.05, 3.63) is 27.3 Å². The van der Waals surface area contributed by atoms with Crippen LogP contribution in [0.4, 0.5) is 10.5 Å². The predicted molar refractivity (Wildman–Crippen MR) is 112 cm³/mol. The Morgan fingerprint density at radius 3 is 2.35 bits per heavy atom. The molecular weight excluding hydrogens is 443 g/mol. The van der Waals surface area contributed by atoms with Gasteiger partial charge in [-0.2, -0.15) is 0 Å². The van der Waals surface area contributed by atoms with Crippen molar-refractivity contribution < 1.29 is 14.3 Å². The van der Waals surface area contributed by atoms with Crippen molar-refractivity contribution in [2.24, 2.45) is 5.92 Å². The van der Waals surface area contributed by atoms with Gasteiger partial charge in [-0.15, -0.1) is 0 Å². The molecule has 0 spiro atoms. The van der Waals surface area contributed by atoms with Crippen molar-refractivity contribution in [1.82, 2.24) is 4.90 Å². The Hall–Kier alpha value is -1.31. The summed E-state index contributed by atoms with van der Waals surface area (Å²) in [6.07, 6.45) is 1.02. The van der Waals surface area contributed by atoms with E-state index in [-0.39, 0.29) is 17.9 Å². The van der Waals surface area contributed by atoms with Crippen LogP contribution in [0.1, 0.15) is 58.9 Å². The Balaban J connectivity index is 1.90. The molecule has 5 nitrogen and oxygen atoms in total. The lowest BCUT2D eigenvalue weighted by atomic mass is 9.96. The van der Waals surface area contributed by atoms with Crippen molar-refractivity contribution in [3.8, 4) is 0 Å². The number of carbonyl (C=O) groups is 2. The molecule has 1 aromatic carbocycles. The summed E-state index contributed by atoms with van der Waals surface area (Å²) in [6, 6.07) is 6.16. The monoisotopic (exact) mass is 472 g/mol. The first kappa shape index (κ1) is 21.0. The number of nitrogens with one attached hydrogen (secondary N) is 1. The largest absolute Gasteiger partial charge is 0.444 e. The minimum Gasteiger partial charge on any atom is -0.444 e. The maximum Gasteiger partial charge on any atom is 0.410 e. The Labute approximate surface area is 170 Å². The first-order valence-corrected chi connectivity index (χ1v) is 10.2. The molecule has 1 heterocycles. The number of rotatable bonds is 3. The van der Waals surface area contributed by atoms with Crippen LogP contribution in [0.5, 0.6) is 0 Å². The molecule has 26 heavy (non-hydrogen) atoms. The number of halogens is 1. The van der Waals surface area contributed by atoms with Crippen molar-refractivity contribution >= 4 is 40.3 Å². The molecule has 0 saturated carbocycles. The quantitative estimate of drug-likeness (QED) is 0.630. The highest BCUT2D eigenvalue weighted by atomic mass is 127. The van der Waals surface area contributed by atoms with Gasteiger partial charge in [0.2, 0.25) is 5.91 Å². The first-order chi connectivity index (χ1) is 12.1. The topological polar surface area (TPSA) is 58.6 Å². The number of hydrogen-bond donors (Lipinski definition) is 1. The number of hydrogen-bond acceptors (Lipinski definition) is 3. The summed E-state index contributed by atoms with van der Waals surface area (Å²) in [6.45, 7) is 11.0. The molecule has 1 aliphatic heterocycles. The third-order valence-corrected chi connectivity index (χ3v) is 5.33. The van der Waals surface area contributed by atoms with Crippen LogP contribution in [0.3, 0.4) is 0 Å². The van der Waals surface area contributed by atoms with Gasteiger partial charge >= 0.3 is 6.09 Å². The number of benzene rings is 1. The number of piperidine rings is 1. The fourth-order valence-electron chi connectivity index (χ4n) is 2.88. The van der Waals surface area contributed by atoms with Gasteiger partial charge in [0.05, 0.1) is 5.69 Å². The molecule has 1 aromatic rings. The first-order valence-electron chi connectivity index (χ1n) is 9.15. The second kappa shape index (κ2) is 8.59. The SMILES string of the molecule is CC(C)c1ccc(NC(=O)C2CCN(C(=O)OC(C)(C)C)CC2)c(I)c1. The lowest BCUT2D eigenvalue weighted by Gasteiger charge is -2.33. The molecule has 1 N–H and O–H groups in total. The normalized spacial score (nSPS) is 15.9. The molecule has 1 saturated heterocycles. The smallest absolute Gasteiger partial charge is 0.410 e. The summed E-state index contributed by atoms with van der Waals surface area (Å²) in [5, 5.41) is 3.05. The molecule has 0 aliphatic carbocycles. The van der Waals surface area contributed by atoms with Crippen molar-refractivity contribution in [2.75, 3.05) is 18.4 Å². The lowest BCUT2D eigenvalue weighted by molar-refractivity contribution is -0.121. The number of nitrogens with zero attached hydrogens (tertiary/aromatic N) is 1. The summed E-state index contributed by atoms with van der Waals surface area (Å²) in [5.41, 5.74) is 1.62. The molecule has 1 aliphatic rings. The average molecular weight is 472 g/mol. The van der Waals surface area contributed by atoms with E-state index in [0.717, 1.165) is 9.26 Å². The highest BCUT2D eigenvalue weighted by Gasteiger charge is 2.30. The molecular formula is C20H29IN2O3. The fourth-order valence-corrected chi connectivity index (χ4v) is 3.55. The van der Waals surface area contributed by atoms with E-state index in [1.165, 1.54) is 5.56 Å². The second-order valence-electron chi connectivity index (χ2n) is 8.12. The zero-order valence-electron chi connectivity index (χ0n) is 16.3. The van der Waals surface area contributed by atoms with E-state index in [2.05, 4.69) is 53.9 Å². The Morgan fingerprint density at radius 2 is 1.85 bits per heavy atom. The number of anilines is 1. The highest BCUT2D eigenvalue weighted by Crippen LogP contribution is 2.26. The summed E-state index contributed by atoms with van der Waals surface area (Å²) in [7, 11) is 0. The molecule has 6 heteroatoms. The van der Waals surface area contributed by atoms with Gasteiger partial charge in [0, 0.05) is 22.6 Å². The molecule has 0 bridgehead atoms. The van der Waals surface area contributed by atoms with Gasteiger partial charge in [-0.25, -0.2) is 4.79 Å². The molecule has 2 amide bonds. The van der Waals surface area contributed by atoms with Crippen LogP contribution in [0.2, 0.25) is 0 Å². The molecule has 1 fully saturated rings. The van der Waals surface area contributed by atoms with Crippen LogP contribution in [-0.2, 0) is 9.53 Å². The van der Waals surface area contributed by atoms with E-state index in [0.29, 0.717) is 31.8 Å². The fraction of sp³-hybridized carbons (Fsp3) is 0.600. The Kier molecular flexibility index (Phi) is 6.93. The van der Waals surface area contributed by atoms with Crippen molar-refractivity contribution in [2.45, 2.75) is 59.0 Å². The summed E-state index contributed by atoms with van der Waals surface area (Å²) < 4.78 is 6.45. The van der Waals surface area contributed by atoms with Gasteiger partial charge in [0.15, 0.2) is 0 Å². The van der Waals surface area contributed by atoms with Crippen LogP contribution in [-0.4, -0.2) is 35.6 Å². The minimum absolute atomic E-state index is 0.0315. The second-order valence-corrected chi connectivity index (χ2v) is 9.29. The van der Waals surface area contributed by atoms with Crippen LogP contribution in [0.15, 0.2) is 18.2 Å².